The number of nitrogen functional groups attached to an aromatic ring is 1. The summed E-state index contributed by atoms with van der Waals surface area (Å²) in [6.07, 6.45) is 0. The molecular weight excluding hydrogens is 412 g/mol. The highest BCUT2D eigenvalue weighted by Crippen LogP contribution is 2.35. The highest BCUT2D eigenvalue weighted by Gasteiger charge is 2.20. The van der Waals surface area contributed by atoms with Crippen molar-refractivity contribution in [3.8, 4) is 6.07 Å². The lowest BCUT2D eigenvalue weighted by atomic mass is 10.1. The van der Waals surface area contributed by atoms with Crippen molar-refractivity contribution in [3.05, 3.63) is 59.0 Å². The SMILES string of the molecule is Cc1nc(SC(C)c2nc(N)nc(N(C)C)n2)c(C#N)cc1C(=O)Nc1ccccc1. The molecule has 0 saturated heterocycles. The van der Waals surface area contributed by atoms with Gasteiger partial charge in [0.2, 0.25) is 11.9 Å². The molecule has 2 aromatic heterocycles. The summed E-state index contributed by atoms with van der Waals surface area (Å²) < 4.78 is 0. The highest BCUT2D eigenvalue weighted by atomic mass is 32.2. The van der Waals surface area contributed by atoms with Crippen molar-refractivity contribution in [2.45, 2.75) is 24.1 Å². The summed E-state index contributed by atoms with van der Waals surface area (Å²) in [5.41, 5.74) is 7.65. The zero-order valence-corrected chi connectivity index (χ0v) is 18.4. The molecule has 10 heteroatoms. The van der Waals surface area contributed by atoms with Crippen LogP contribution >= 0.6 is 11.8 Å². The summed E-state index contributed by atoms with van der Waals surface area (Å²) in [5.74, 6) is 0.736. The van der Waals surface area contributed by atoms with E-state index < -0.39 is 0 Å². The number of hydrogen-bond donors (Lipinski definition) is 2. The van der Waals surface area contributed by atoms with Gasteiger partial charge in [0.15, 0.2) is 0 Å². The zero-order chi connectivity index (χ0) is 22.5. The average Bonchev–Trinajstić information content (AvgIpc) is 2.74. The molecule has 0 bridgehead atoms. The summed E-state index contributed by atoms with van der Waals surface area (Å²) in [5, 5.41) is 12.7. The Morgan fingerprint density at radius 1 is 1.19 bits per heavy atom. The molecule has 0 radical (unpaired) electrons. The van der Waals surface area contributed by atoms with Gasteiger partial charge in [0.25, 0.3) is 5.91 Å². The molecule has 1 atom stereocenters. The van der Waals surface area contributed by atoms with Gasteiger partial charge in [-0.1, -0.05) is 30.0 Å². The van der Waals surface area contributed by atoms with Crippen LogP contribution in [-0.4, -0.2) is 39.9 Å². The number of thioether (sulfide) groups is 1. The van der Waals surface area contributed by atoms with Crippen LogP contribution in [0, 0.1) is 18.3 Å². The Labute approximate surface area is 184 Å². The van der Waals surface area contributed by atoms with Crippen LogP contribution in [-0.2, 0) is 0 Å². The third-order valence-corrected chi connectivity index (χ3v) is 5.38. The minimum absolute atomic E-state index is 0.124. The molecule has 3 aromatic rings. The van der Waals surface area contributed by atoms with Gasteiger partial charge in [0.1, 0.15) is 16.9 Å². The molecular formula is C21H22N8OS. The van der Waals surface area contributed by atoms with Crippen molar-refractivity contribution in [2.24, 2.45) is 0 Å². The number of anilines is 3. The molecule has 0 saturated carbocycles. The molecule has 0 aliphatic carbocycles. The van der Waals surface area contributed by atoms with Crippen LogP contribution in [0.4, 0.5) is 17.6 Å². The summed E-state index contributed by atoms with van der Waals surface area (Å²) in [4.78, 5) is 31.7. The maximum Gasteiger partial charge on any atom is 0.257 e. The molecule has 1 aromatic carbocycles. The molecule has 0 fully saturated rings. The Bertz CT molecular complexity index is 1140. The standard InChI is InChI=1S/C21H22N8OS/c1-12-16(18(30)25-15-8-6-5-7-9-15)10-14(11-22)19(24-12)31-13(2)17-26-20(23)28-21(27-17)29(3)4/h5-10,13H,1-4H3,(H,25,30)(H2,23,26,27,28). The summed E-state index contributed by atoms with van der Waals surface area (Å²) in [7, 11) is 3.63. The highest BCUT2D eigenvalue weighted by molar-refractivity contribution is 7.99. The lowest BCUT2D eigenvalue weighted by molar-refractivity contribution is 0.102. The molecule has 3 N–H and O–H groups in total. The normalized spacial score (nSPS) is 11.5. The fraction of sp³-hybridized carbons (Fsp3) is 0.238. The van der Waals surface area contributed by atoms with E-state index in [0.717, 1.165) is 0 Å². The van der Waals surface area contributed by atoms with Crippen LogP contribution in [0.15, 0.2) is 41.4 Å². The van der Waals surface area contributed by atoms with Crippen molar-refractivity contribution < 1.29 is 4.79 Å². The maximum atomic E-state index is 12.7. The van der Waals surface area contributed by atoms with E-state index in [-0.39, 0.29) is 17.1 Å². The molecule has 0 aliphatic rings. The third kappa shape index (κ3) is 5.26. The second-order valence-electron chi connectivity index (χ2n) is 6.91. The summed E-state index contributed by atoms with van der Waals surface area (Å²) in [6, 6.07) is 12.8. The Kier molecular flexibility index (Phi) is 6.67. The van der Waals surface area contributed by atoms with Crippen LogP contribution in [0.5, 0.6) is 0 Å². The van der Waals surface area contributed by atoms with Crippen LogP contribution in [0.3, 0.4) is 0 Å². The number of benzene rings is 1. The smallest absolute Gasteiger partial charge is 0.257 e. The first-order valence-electron chi connectivity index (χ1n) is 9.42. The maximum absolute atomic E-state index is 12.7. The van der Waals surface area contributed by atoms with Crippen molar-refractivity contribution in [1.29, 1.82) is 5.26 Å². The number of nitrogens with one attached hydrogen (secondary N) is 1. The molecule has 0 aliphatic heterocycles. The monoisotopic (exact) mass is 434 g/mol. The predicted octanol–water partition coefficient (Wildman–Crippen LogP) is 3.20. The van der Waals surface area contributed by atoms with Gasteiger partial charge in [-0.25, -0.2) is 4.98 Å². The minimum atomic E-state index is -0.321. The van der Waals surface area contributed by atoms with E-state index in [1.807, 2.05) is 39.2 Å². The molecule has 1 amide bonds. The third-order valence-electron chi connectivity index (χ3n) is 4.29. The van der Waals surface area contributed by atoms with Crippen LogP contribution in [0.1, 0.15) is 39.6 Å². The van der Waals surface area contributed by atoms with Gasteiger partial charge in [-0.3, -0.25) is 4.79 Å². The largest absolute Gasteiger partial charge is 0.368 e. The number of aromatic nitrogens is 4. The number of pyridine rings is 1. The van der Waals surface area contributed by atoms with Gasteiger partial charge >= 0.3 is 0 Å². The molecule has 158 valence electrons. The molecule has 2 heterocycles. The van der Waals surface area contributed by atoms with Crippen LogP contribution in [0.25, 0.3) is 0 Å². The molecule has 0 spiro atoms. The van der Waals surface area contributed by atoms with Crippen LogP contribution < -0.4 is 16.0 Å². The van der Waals surface area contributed by atoms with E-state index in [4.69, 9.17) is 5.73 Å². The molecule has 1 unspecified atom stereocenters. The lowest BCUT2D eigenvalue weighted by Gasteiger charge is -2.15. The fourth-order valence-electron chi connectivity index (χ4n) is 2.70. The first-order valence-corrected chi connectivity index (χ1v) is 10.3. The van der Waals surface area contributed by atoms with Gasteiger partial charge in [0, 0.05) is 19.8 Å². The van der Waals surface area contributed by atoms with Gasteiger partial charge in [-0.15, -0.1) is 0 Å². The summed E-state index contributed by atoms with van der Waals surface area (Å²) >= 11 is 1.32. The quantitative estimate of drug-likeness (QED) is 0.561. The number of nitriles is 1. The number of aryl methyl sites for hydroxylation is 1. The molecule has 9 nitrogen and oxygen atoms in total. The number of nitrogens with zero attached hydrogens (tertiary/aromatic N) is 6. The second-order valence-corrected chi connectivity index (χ2v) is 8.24. The Morgan fingerprint density at radius 3 is 2.55 bits per heavy atom. The van der Waals surface area contributed by atoms with Crippen LogP contribution in [0.2, 0.25) is 0 Å². The summed E-state index contributed by atoms with van der Waals surface area (Å²) in [6.45, 7) is 3.63. The van der Waals surface area contributed by atoms with Gasteiger partial charge in [-0.2, -0.15) is 20.2 Å². The number of rotatable bonds is 6. The number of carbonyl (C=O) groups excluding carboxylic acids is 1. The number of amides is 1. The van der Waals surface area contributed by atoms with E-state index in [1.54, 1.807) is 30.0 Å². The average molecular weight is 435 g/mol. The predicted molar refractivity (Wildman–Crippen MR) is 121 cm³/mol. The van der Waals surface area contributed by atoms with Crippen molar-refractivity contribution >= 4 is 35.3 Å². The minimum Gasteiger partial charge on any atom is -0.368 e. The fourth-order valence-corrected chi connectivity index (χ4v) is 3.67. The Hall–Kier alpha value is -3.71. The molecule has 3 rings (SSSR count). The Balaban J connectivity index is 1.87. The van der Waals surface area contributed by atoms with Gasteiger partial charge in [0.05, 0.1) is 22.1 Å². The van der Waals surface area contributed by atoms with Crippen molar-refractivity contribution in [1.82, 2.24) is 19.9 Å². The first kappa shape index (κ1) is 22.0. The number of hydrogen-bond acceptors (Lipinski definition) is 9. The van der Waals surface area contributed by atoms with Crippen molar-refractivity contribution in [2.75, 3.05) is 30.0 Å². The second kappa shape index (κ2) is 9.40. The number of carbonyl (C=O) groups is 1. The van der Waals surface area contributed by atoms with Crippen molar-refractivity contribution in [3.63, 3.8) is 0 Å². The zero-order valence-electron chi connectivity index (χ0n) is 17.6. The number of nitrogens with two attached hydrogens (primary N) is 1. The van der Waals surface area contributed by atoms with Gasteiger partial charge in [-0.05, 0) is 32.0 Å². The first-order chi connectivity index (χ1) is 14.8. The lowest BCUT2D eigenvalue weighted by Crippen LogP contribution is -2.17. The van der Waals surface area contributed by atoms with E-state index in [1.165, 1.54) is 11.8 Å². The topological polar surface area (TPSA) is 134 Å². The van der Waals surface area contributed by atoms with Gasteiger partial charge < -0.3 is 16.0 Å². The van der Waals surface area contributed by atoms with E-state index in [0.29, 0.717) is 39.3 Å². The van der Waals surface area contributed by atoms with E-state index in [9.17, 15) is 10.1 Å². The number of para-hydroxylation sites is 1. The van der Waals surface area contributed by atoms with E-state index in [2.05, 4.69) is 31.3 Å². The molecule has 31 heavy (non-hydrogen) atoms. The van der Waals surface area contributed by atoms with E-state index >= 15 is 0 Å². The Morgan fingerprint density at radius 2 is 1.90 bits per heavy atom.